The van der Waals surface area contributed by atoms with Crippen LogP contribution in [0.1, 0.15) is 11.1 Å². The summed E-state index contributed by atoms with van der Waals surface area (Å²) in [6, 6.07) is 12.9. The molecule has 2 aromatic rings. The number of amides is 1. The van der Waals surface area contributed by atoms with Gasteiger partial charge in [-0.05, 0) is 18.2 Å². The van der Waals surface area contributed by atoms with Gasteiger partial charge >= 0.3 is 0 Å². The first-order chi connectivity index (χ1) is 11.1. The Bertz CT molecular complexity index is 831. The molecule has 1 aliphatic heterocycles. The zero-order valence-corrected chi connectivity index (χ0v) is 14.5. The fourth-order valence-electron chi connectivity index (χ4n) is 2.11. The average Bonchev–Trinajstić information content (AvgIpc) is 2.92. The molecular formula is C17H12BrNO3S. The predicted octanol–water partition coefficient (Wildman–Crippen LogP) is 4.22. The van der Waals surface area contributed by atoms with Gasteiger partial charge in [0.05, 0.1) is 12.0 Å². The molecule has 0 aromatic heterocycles. The van der Waals surface area contributed by atoms with Crippen LogP contribution in [0.3, 0.4) is 0 Å². The molecule has 1 aliphatic rings. The molecule has 0 bridgehead atoms. The SMILES string of the molecule is COc1cc(Br)cc(/C=C2\SC(c3ccccc3)=NC2=O)c1O. The Morgan fingerprint density at radius 2 is 2.00 bits per heavy atom. The monoisotopic (exact) mass is 389 g/mol. The molecule has 0 fully saturated rings. The smallest absolute Gasteiger partial charge is 0.284 e. The van der Waals surface area contributed by atoms with Crippen LogP contribution in [0.5, 0.6) is 11.5 Å². The van der Waals surface area contributed by atoms with Crippen LogP contribution >= 0.6 is 27.7 Å². The minimum Gasteiger partial charge on any atom is -0.504 e. The molecule has 116 valence electrons. The van der Waals surface area contributed by atoms with Crippen LogP contribution in [-0.2, 0) is 4.79 Å². The van der Waals surface area contributed by atoms with E-state index in [0.29, 0.717) is 21.3 Å². The van der Waals surface area contributed by atoms with Gasteiger partial charge in [0.25, 0.3) is 5.91 Å². The fraction of sp³-hybridized carbons (Fsp3) is 0.0588. The van der Waals surface area contributed by atoms with Gasteiger partial charge in [-0.15, -0.1) is 0 Å². The lowest BCUT2D eigenvalue weighted by atomic mass is 10.1. The van der Waals surface area contributed by atoms with E-state index in [2.05, 4.69) is 20.9 Å². The molecule has 6 heteroatoms. The van der Waals surface area contributed by atoms with Gasteiger partial charge in [-0.3, -0.25) is 4.79 Å². The van der Waals surface area contributed by atoms with Crippen molar-refractivity contribution in [1.82, 2.24) is 0 Å². The summed E-state index contributed by atoms with van der Waals surface area (Å²) in [6.07, 6.45) is 1.62. The second-order valence-electron chi connectivity index (χ2n) is 4.74. The predicted molar refractivity (Wildman–Crippen MR) is 95.9 cm³/mol. The number of hydrogen-bond acceptors (Lipinski definition) is 4. The molecular weight excluding hydrogens is 378 g/mol. The van der Waals surface area contributed by atoms with Gasteiger partial charge in [-0.2, -0.15) is 0 Å². The van der Waals surface area contributed by atoms with Crippen molar-refractivity contribution in [2.75, 3.05) is 7.11 Å². The Kier molecular flexibility index (Phi) is 4.54. The summed E-state index contributed by atoms with van der Waals surface area (Å²) >= 11 is 4.65. The van der Waals surface area contributed by atoms with Crippen LogP contribution in [0.15, 0.2) is 56.8 Å². The number of nitrogens with zero attached hydrogens (tertiary/aromatic N) is 1. The molecule has 4 nitrogen and oxygen atoms in total. The highest BCUT2D eigenvalue weighted by atomic mass is 79.9. The number of hydrogen-bond donors (Lipinski definition) is 1. The first-order valence-electron chi connectivity index (χ1n) is 6.73. The Hall–Kier alpha value is -2.05. The summed E-state index contributed by atoms with van der Waals surface area (Å²) in [5.41, 5.74) is 1.39. The number of carbonyl (C=O) groups excluding carboxylic acids is 1. The number of halogens is 1. The quantitative estimate of drug-likeness (QED) is 0.798. The third-order valence-electron chi connectivity index (χ3n) is 3.22. The maximum atomic E-state index is 12.1. The molecule has 2 aromatic carbocycles. The minimum atomic E-state index is -0.313. The second kappa shape index (κ2) is 6.60. The number of rotatable bonds is 3. The van der Waals surface area contributed by atoms with E-state index < -0.39 is 0 Å². The normalized spacial score (nSPS) is 15.8. The van der Waals surface area contributed by atoms with Gasteiger partial charge in [0.1, 0.15) is 5.04 Å². The molecule has 0 spiro atoms. The lowest BCUT2D eigenvalue weighted by Crippen LogP contribution is -1.90. The Balaban J connectivity index is 1.94. The highest BCUT2D eigenvalue weighted by Crippen LogP contribution is 2.38. The highest BCUT2D eigenvalue weighted by molar-refractivity contribution is 9.10. The summed E-state index contributed by atoms with van der Waals surface area (Å²) in [5.74, 6) is 0.0165. The molecule has 1 heterocycles. The first-order valence-corrected chi connectivity index (χ1v) is 8.34. The van der Waals surface area contributed by atoms with Gasteiger partial charge in [-0.25, -0.2) is 4.99 Å². The van der Waals surface area contributed by atoms with Gasteiger partial charge in [0.15, 0.2) is 11.5 Å². The lowest BCUT2D eigenvalue weighted by molar-refractivity contribution is -0.113. The molecule has 0 atom stereocenters. The van der Waals surface area contributed by atoms with Crippen LogP contribution < -0.4 is 4.74 Å². The van der Waals surface area contributed by atoms with Crippen molar-refractivity contribution in [3.05, 3.63) is 63.0 Å². The van der Waals surface area contributed by atoms with Crippen LogP contribution in [0, 0.1) is 0 Å². The van der Waals surface area contributed by atoms with Crippen molar-refractivity contribution in [2.24, 2.45) is 4.99 Å². The number of benzene rings is 2. The van der Waals surface area contributed by atoms with Crippen molar-refractivity contribution in [3.63, 3.8) is 0 Å². The molecule has 1 N–H and O–H groups in total. The number of thioether (sulfide) groups is 1. The number of phenolic OH excluding ortho intramolecular Hbond substituents is 1. The van der Waals surface area contributed by atoms with Crippen LogP contribution in [0.2, 0.25) is 0 Å². The lowest BCUT2D eigenvalue weighted by Gasteiger charge is -2.07. The van der Waals surface area contributed by atoms with Crippen LogP contribution in [0.4, 0.5) is 0 Å². The molecule has 0 saturated carbocycles. The maximum Gasteiger partial charge on any atom is 0.284 e. The second-order valence-corrected chi connectivity index (χ2v) is 6.69. The summed E-state index contributed by atoms with van der Waals surface area (Å²) in [5, 5.41) is 10.9. The van der Waals surface area contributed by atoms with E-state index in [-0.39, 0.29) is 11.7 Å². The highest BCUT2D eigenvalue weighted by Gasteiger charge is 2.23. The van der Waals surface area contributed by atoms with Crippen LogP contribution in [-0.4, -0.2) is 23.2 Å². The number of aromatic hydroxyl groups is 1. The van der Waals surface area contributed by atoms with Gasteiger partial charge in [-0.1, -0.05) is 58.0 Å². The zero-order valence-electron chi connectivity index (χ0n) is 12.1. The van der Waals surface area contributed by atoms with E-state index in [4.69, 9.17) is 4.74 Å². The Labute approximate surface area is 146 Å². The number of aliphatic imine (C=N–C) groups is 1. The number of methoxy groups -OCH3 is 1. The van der Waals surface area contributed by atoms with Crippen molar-refractivity contribution >= 4 is 44.7 Å². The number of ether oxygens (including phenoxy) is 1. The molecule has 1 amide bonds. The van der Waals surface area contributed by atoms with Gasteiger partial charge in [0.2, 0.25) is 0 Å². The van der Waals surface area contributed by atoms with Crippen molar-refractivity contribution < 1.29 is 14.6 Å². The van der Waals surface area contributed by atoms with Crippen molar-refractivity contribution in [1.29, 1.82) is 0 Å². The average molecular weight is 390 g/mol. The minimum absolute atomic E-state index is 0.00948. The zero-order chi connectivity index (χ0) is 16.4. The van der Waals surface area contributed by atoms with E-state index in [1.54, 1.807) is 18.2 Å². The summed E-state index contributed by atoms with van der Waals surface area (Å²) < 4.78 is 5.87. The summed E-state index contributed by atoms with van der Waals surface area (Å²) in [4.78, 5) is 16.6. The van der Waals surface area contributed by atoms with E-state index in [1.165, 1.54) is 18.9 Å². The number of carbonyl (C=O) groups is 1. The summed E-state index contributed by atoms with van der Waals surface area (Å²) in [6.45, 7) is 0. The molecule has 0 aliphatic carbocycles. The molecule has 0 unspecified atom stereocenters. The summed E-state index contributed by atoms with van der Waals surface area (Å²) in [7, 11) is 1.48. The third kappa shape index (κ3) is 3.33. The van der Waals surface area contributed by atoms with E-state index >= 15 is 0 Å². The van der Waals surface area contributed by atoms with Crippen molar-refractivity contribution in [3.8, 4) is 11.5 Å². The standard InChI is InChI=1S/C17H12BrNO3S/c1-22-13-9-12(18)7-11(15(13)20)8-14-16(21)19-17(23-14)10-5-3-2-4-6-10/h2-9,20H,1H3/b14-8-. The van der Waals surface area contributed by atoms with E-state index in [9.17, 15) is 9.90 Å². The largest absolute Gasteiger partial charge is 0.504 e. The molecule has 3 rings (SSSR count). The maximum absolute atomic E-state index is 12.1. The first kappa shape index (κ1) is 15.8. The fourth-order valence-corrected chi connectivity index (χ4v) is 3.48. The molecule has 0 saturated heterocycles. The van der Waals surface area contributed by atoms with Crippen LogP contribution in [0.25, 0.3) is 6.08 Å². The third-order valence-corrected chi connectivity index (χ3v) is 4.71. The van der Waals surface area contributed by atoms with E-state index in [0.717, 1.165) is 10.0 Å². The molecule has 23 heavy (non-hydrogen) atoms. The van der Waals surface area contributed by atoms with E-state index in [1.807, 2.05) is 30.3 Å². The molecule has 0 radical (unpaired) electrons. The van der Waals surface area contributed by atoms with Gasteiger partial charge in [0, 0.05) is 15.6 Å². The Morgan fingerprint density at radius 1 is 1.26 bits per heavy atom. The Morgan fingerprint density at radius 3 is 2.70 bits per heavy atom. The number of phenols is 1. The topological polar surface area (TPSA) is 58.9 Å². The van der Waals surface area contributed by atoms with Gasteiger partial charge < -0.3 is 9.84 Å². The van der Waals surface area contributed by atoms with Crippen molar-refractivity contribution in [2.45, 2.75) is 0 Å².